The summed E-state index contributed by atoms with van der Waals surface area (Å²) in [6, 6.07) is 0. The van der Waals surface area contributed by atoms with E-state index in [4.69, 9.17) is 0 Å². The van der Waals surface area contributed by atoms with Crippen LogP contribution in [0, 0.1) is 16.2 Å². The molecule has 0 aliphatic carbocycles. The molecule has 112 valence electrons. The van der Waals surface area contributed by atoms with Crippen LogP contribution < -0.4 is 0 Å². The third-order valence-electron chi connectivity index (χ3n) is 3.38. The summed E-state index contributed by atoms with van der Waals surface area (Å²) in [5.41, 5.74) is 2.06. The van der Waals surface area contributed by atoms with Gasteiger partial charge in [0.25, 0.3) is 0 Å². The van der Waals surface area contributed by atoms with E-state index in [-0.39, 0.29) is 5.41 Å². The van der Waals surface area contributed by atoms with Crippen LogP contribution >= 0.6 is 0 Å². The van der Waals surface area contributed by atoms with E-state index in [1.807, 2.05) is 7.05 Å². The van der Waals surface area contributed by atoms with Crippen molar-refractivity contribution < 1.29 is 0 Å². The second-order valence-corrected chi connectivity index (χ2v) is 8.38. The first-order valence-electron chi connectivity index (χ1n) is 7.57. The van der Waals surface area contributed by atoms with Crippen molar-refractivity contribution in [2.75, 3.05) is 7.05 Å². The Bertz CT molecular complexity index is 324. The number of rotatable bonds is 6. The highest BCUT2D eigenvalue weighted by atomic mass is 14.7. The predicted octanol–water partition coefficient (Wildman–Crippen LogP) is 5.90. The summed E-state index contributed by atoms with van der Waals surface area (Å²) in [5, 5.41) is 0. The molecule has 1 heteroatoms. The minimum Gasteiger partial charge on any atom is -0.293 e. The zero-order chi connectivity index (χ0) is 15.3. The van der Waals surface area contributed by atoms with E-state index in [1.54, 1.807) is 0 Å². The molecule has 0 aromatic carbocycles. The minimum atomic E-state index is 0.134. The van der Waals surface area contributed by atoms with E-state index >= 15 is 0 Å². The van der Waals surface area contributed by atoms with Gasteiger partial charge in [0, 0.05) is 18.2 Å². The largest absolute Gasteiger partial charge is 0.293 e. The van der Waals surface area contributed by atoms with Gasteiger partial charge in [0.1, 0.15) is 0 Å². The Balaban J connectivity index is 4.97. The van der Waals surface area contributed by atoms with Crippen LogP contribution in [0.3, 0.4) is 0 Å². The standard InChI is InChI=1S/C18H35N/c1-10-11-12-15(19-9)18(7,8)14-17(5,6)13-16(2,3)4/h11-12H,10,13-14H2,1-9H3/b12-11-,19-15?. The van der Waals surface area contributed by atoms with Crippen LogP contribution in [0.5, 0.6) is 0 Å². The summed E-state index contributed by atoms with van der Waals surface area (Å²) >= 11 is 0. The lowest BCUT2D eigenvalue weighted by Gasteiger charge is -2.39. The lowest BCUT2D eigenvalue weighted by Crippen LogP contribution is -2.32. The molecule has 0 amide bonds. The van der Waals surface area contributed by atoms with Gasteiger partial charge in [0.15, 0.2) is 0 Å². The molecule has 0 aromatic heterocycles. The number of aliphatic imine (C=N–C) groups is 1. The Hall–Kier alpha value is -0.590. The van der Waals surface area contributed by atoms with Gasteiger partial charge in [0.05, 0.1) is 0 Å². The first-order valence-corrected chi connectivity index (χ1v) is 7.57. The van der Waals surface area contributed by atoms with Crippen LogP contribution in [0.2, 0.25) is 0 Å². The van der Waals surface area contributed by atoms with Crippen molar-refractivity contribution in [3.63, 3.8) is 0 Å². The van der Waals surface area contributed by atoms with Gasteiger partial charge in [-0.2, -0.15) is 0 Å². The minimum absolute atomic E-state index is 0.134. The predicted molar refractivity (Wildman–Crippen MR) is 89.0 cm³/mol. The molecule has 19 heavy (non-hydrogen) atoms. The molecular formula is C18H35N. The molecule has 0 aliphatic heterocycles. The smallest absolute Gasteiger partial charge is 0.0398 e. The van der Waals surface area contributed by atoms with Gasteiger partial charge < -0.3 is 0 Å². The highest BCUT2D eigenvalue weighted by molar-refractivity contribution is 5.99. The first kappa shape index (κ1) is 18.4. The van der Waals surface area contributed by atoms with E-state index < -0.39 is 0 Å². The van der Waals surface area contributed by atoms with Gasteiger partial charge in [-0.05, 0) is 36.2 Å². The lowest BCUT2D eigenvalue weighted by atomic mass is 9.66. The molecule has 0 rings (SSSR count). The van der Waals surface area contributed by atoms with Crippen molar-refractivity contribution in [2.45, 2.75) is 74.7 Å². The summed E-state index contributed by atoms with van der Waals surface area (Å²) in [6.07, 6.45) is 7.88. The fourth-order valence-electron chi connectivity index (χ4n) is 3.62. The molecule has 0 heterocycles. The molecule has 0 bridgehead atoms. The van der Waals surface area contributed by atoms with Gasteiger partial charge in [0.2, 0.25) is 0 Å². The average Bonchev–Trinajstić information content (AvgIpc) is 2.12. The first-order chi connectivity index (χ1) is 8.43. The lowest BCUT2D eigenvalue weighted by molar-refractivity contribution is 0.163. The fourth-order valence-corrected chi connectivity index (χ4v) is 3.62. The summed E-state index contributed by atoms with van der Waals surface area (Å²) in [4.78, 5) is 4.51. The SMILES string of the molecule is CC/C=C\C(=NC)C(C)(C)CC(C)(C)CC(C)(C)C. The summed E-state index contributed by atoms with van der Waals surface area (Å²) in [7, 11) is 1.91. The second kappa shape index (κ2) is 6.72. The van der Waals surface area contributed by atoms with Gasteiger partial charge in [-0.3, -0.25) is 4.99 Å². The van der Waals surface area contributed by atoms with Gasteiger partial charge in [-0.1, -0.05) is 61.5 Å². The molecule has 0 fully saturated rings. The average molecular weight is 265 g/mol. The monoisotopic (exact) mass is 265 g/mol. The Morgan fingerprint density at radius 1 is 0.947 bits per heavy atom. The Morgan fingerprint density at radius 3 is 1.84 bits per heavy atom. The molecule has 0 radical (unpaired) electrons. The van der Waals surface area contributed by atoms with Crippen LogP contribution in [0.1, 0.15) is 74.7 Å². The van der Waals surface area contributed by atoms with Crippen molar-refractivity contribution in [1.29, 1.82) is 0 Å². The molecule has 0 saturated heterocycles. The Kier molecular flexibility index (Phi) is 6.51. The molecule has 0 unspecified atom stereocenters. The third kappa shape index (κ3) is 7.54. The van der Waals surface area contributed by atoms with Crippen molar-refractivity contribution in [1.82, 2.24) is 0 Å². The van der Waals surface area contributed by atoms with E-state index in [1.165, 1.54) is 12.1 Å². The number of hydrogen-bond donors (Lipinski definition) is 0. The maximum atomic E-state index is 4.51. The second-order valence-electron chi connectivity index (χ2n) is 8.38. The van der Waals surface area contributed by atoms with Crippen molar-refractivity contribution >= 4 is 5.71 Å². The third-order valence-corrected chi connectivity index (χ3v) is 3.38. The zero-order valence-corrected chi connectivity index (χ0v) is 14.7. The van der Waals surface area contributed by atoms with Crippen LogP contribution in [-0.4, -0.2) is 12.8 Å². The molecule has 0 aromatic rings. The van der Waals surface area contributed by atoms with Crippen LogP contribution in [0.25, 0.3) is 0 Å². The molecule has 0 N–H and O–H groups in total. The van der Waals surface area contributed by atoms with Crippen LogP contribution in [-0.2, 0) is 0 Å². The number of hydrogen-bond acceptors (Lipinski definition) is 1. The molecule has 0 spiro atoms. The summed E-state index contributed by atoms with van der Waals surface area (Å²) < 4.78 is 0. The number of nitrogens with zero attached hydrogens (tertiary/aromatic N) is 1. The zero-order valence-electron chi connectivity index (χ0n) is 14.7. The normalized spacial score (nSPS) is 15.3. The van der Waals surface area contributed by atoms with E-state index in [9.17, 15) is 0 Å². The maximum absolute atomic E-state index is 4.51. The van der Waals surface area contributed by atoms with Crippen LogP contribution in [0.4, 0.5) is 0 Å². The molecule has 1 nitrogen and oxygen atoms in total. The van der Waals surface area contributed by atoms with E-state index in [0.717, 1.165) is 12.8 Å². The van der Waals surface area contributed by atoms with E-state index in [2.05, 4.69) is 72.5 Å². The summed E-state index contributed by atoms with van der Waals surface area (Å²) in [6.45, 7) is 18.6. The van der Waals surface area contributed by atoms with Crippen molar-refractivity contribution in [3.05, 3.63) is 12.2 Å². The highest BCUT2D eigenvalue weighted by Crippen LogP contribution is 2.42. The van der Waals surface area contributed by atoms with Gasteiger partial charge in [-0.15, -0.1) is 0 Å². The fraction of sp³-hybridized carbons (Fsp3) is 0.833. The van der Waals surface area contributed by atoms with Crippen LogP contribution in [0.15, 0.2) is 17.1 Å². The molecular weight excluding hydrogens is 230 g/mol. The van der Waals surface area contributed by atoms with Gasteiger partial charge >= 0.3 is 0 Å². The topological polar surface area (TPSA) is 12.4 Å². The molecule has 0 saturated carbocycles. The Labute approximate surface area is 121 Å². The van der Waals surface area contributed by atoms with Gasteiger partial charge in [-0.25, -0.2) is 0 Å². The Morgan fingerprint density at radius 2 is 1.47 bits per heavy atom. The highest BCUT2D eigenvalue weighted by Gasteiger charge is 2.34. The number of allylic oxidation sites excluding steroid dienone is 2. The van der Waals surface area contributed by atoms with Crippen molar-refractivity contribution in [2.24, 2.45) is 21.2 Å². The molecule has 0 atom stereocenters. The van der Waals surface area contributed by atoms with E-state index in [0.29, 0.717) is 10.8 Å². The summed E-state index contributed by atoms with van der Waals surface area (Å²) in [5.74, 6) is 0. The molecule has 0 aliphatic rings. The maximum Gasteiger partial charge on any atom is 0.0398 e. The van der Waals surface area contributed by atoms with Crippen molar-refractivity contribution in [3.8, 4) is 0 Å². The quantitative estimate of drug-likeness (QED) is 0.530.